The molecule has 2 amide bonds. The molecule has 6 nitrogen and oxygen atoms in total. The molecule has 0 unspecified atom stereocenters. The maximum atomic E-state index is 12.1. The van der Waals surface area contributed by atoms with Crippen molar-refractivity contribution in [3.05, 3.63) is 82.9 Å². The number of hydrogen-bond acceptors (Lipinski definition) is 5. The molecule has 0 bridgehead atoms. The van der Waals surface area contributed by atoms with Gasteiger partial charge in [-0.2, -0.15) is 0 Å². The molecule has 0 saturated heterocycles. The first kappa shape index (κ1) is 19.9. The van der Waals surface area contributed by atoms with Crippen molar-refractivity contribution < 1.29 is 9.59 Å². The minimum absolute atomic E-state index is 0.131. The zero-order chi connectivity index (χ0) is 19.8. The summed E-state index contributed by atoms with van der Waals surface area (Å²) in [6, 6.07) is 19.6. The van der Waals surface area contributed by atoms with E-state index < -0.39 is 0 Å². The van der Waals surface area contributed by atoms with E-state index in [-0.39, 0.29) is 17.6 Å². The molecule has 0 aliphatic rings. The second kappa shape index (κ2) is 9.87. The van der Waals surface area contributed by atoms with Gasteiger partial charge in [0.2, 0.25) is 5.91 Å². The third-order valence-electron chi connectivity index (χ3n) is 3.70. The Balaban J connectivity index is 1.46. The van der Waals surface area contributed by atoms with Gasteiger partial charge in [-0.15, -0.1) is 10.2 Å². The summed E-state index contributed by atoms with van der Waals surface area (Å²) in [5, 5.41) is 14.7. The molecule has 2 aromatic carbocycles. The van der Waals surface area contributed by atoms with Crippen LogP contribution in [0.4, 0.5) is 5.82 Å². The number of rotatable bonds is 7. The van der Waals surface area contributed by atoms with E-state index in [1.807, 2.05) is 24.3 Å². The summed E-state index contributed by atoms with van der Waals surface area (Å²) in [5.74, 6) is 0.165. The topological polar surface area (TPSA) is 84.0 Å². The first-order valence-corrected chi connectivity index (χ1v) is 9.81. The lowest BCUT2D eigenvalue weighted by Gasteiger charge is -2.07. The molecule has 1 heterocycles. The Morgan fingerprint density at radius 1 is 0.929 bits per heavy atom. The summed E-state index contributed by atoms with van der Waals surface area (Å²) in [6.45, 7) is 0.370. The molecule has 1 aromatic heterocycles. The summed E-state index contributed by atoms with van der Waals surface area (Å²) < 4.78 is 0. The van der Waals surface area contributed by atoms with Crippen LogP contribution in [0.5, 0.6) is 0 Å². The molecule has 0 spiro atoms. The van der Waals surface area contributed by atoms with Gasteiger partial charge in [0, 0.05) is 17.1 Å². The molecule has 3 aromatic rings. The first-order valence-electron chi connectivity index (χ1n) is 8.45. The van der Waals surface area contributed by atoms with Gasteiger partial charge in [-0.1, -0.05) is 59.8 Å². The summed E-state index contributed by atoms with van der Waals surface area (Å²) in [6.07, 6.45) is 0. The minimum atomic E-state index is -0.255. The maximum absolute atomic E-state index is 12.1. The molecule has 0 atom stereocenters. The highest BCUT2D eigenvalue weighted by molar-refractivity contribution is 7.99. The van der Waals surface area contributed by atoms with Crippen molar-refractivity contribution >= 4 is 41.0 Å². The third-order valence-corrected chi connectivity index (χ3v) is 4.99. The largest absolute Gasteiger partial charge is 0.351 e. The number of nitrogens with zero attached hydrogens (tertiary/aromatic N) is 2. The summed E-state index contributed by atoms with van der Waals surface area (Å²) >= 11 is 7.33. The summed E-state index contributed by atoms with van der Waals surface area (Å²) in [5.41, 5.74) is 1.40. The zero-order valence-electron chi connectivity index (χ0n) is 14.8. The van der Waals surface area contributed by atoms with Crippen molar-refractivity contribution in [2.24, 2.45) is 0 Å². The highest BCUT2D eigenvalue weighted by Crippen LogP contribution is 2.17. The second-order valence-corrected chi connectivity index (χ2v) is 7.14. The number of thioether (sulfide) groups is 1. The fourth-order valence-corrected chi connectivity index (χ4v) is 3.11. The van der Waals surface area contributed by atoms with Crippen molar-refractivity contribution in [1.82, 2.24) is 15.5 Å². The van der Waals surface area contributed by atoms with Crippen molar-refractivity contribution in [3.63, 3.8) is 0 Å². The molecule has 142 valence electrons. The van der Waals surface area contributed by atoms with Gasteiger partial charge < -0.3 is 10.6 Å². The molecular formula is C20H17ClN4O2S. The van der Waals surface area contributed by atoms with Crippen molar-refractivity contribution in [1.29, 1.82) is 0 Å². The Morgan fingerprint density at radius 3 is 2.39 bits per heavy atom. The van der Waals surface area contributed by atoms with E-state index in [4.69, 9.17) is 11.6 Å². The molecule has 2 N–H and O–H groups in total. The lowest BCUT2D eigenvalue weighted by atomic mass is 10.2. The molecule has 0 saturated carbocycles. The number of benzene rings is 2. The first-order chi connectivity index (χ1) is 13.6. The smallest absolute Gasteiger partial charge is 0.256 e. The van der Waals surface area contributed by atoms with Crippen molar-refractivity contribution in [2.75, 3.05) is 11.1 Å². The van der Waals surface area contributed by atoms with Gasteiger partial charge in [-0.05, 0) is 35.9 Å². The third kappa shape index (κ3) is 5.80. The fraction of sp³-hybridized carbons (Fsp3) is 0.100. The Labute approximate surface area is 171 Å². The molecular weight excluding hydrogens is 396 g/mol. The summed E-state index contributed by atoms with van der Waals surface area (Å²) in [7, 11) is 0. The van der Waals surface area contributed by atoms with E-state index in [2.05, 4.69) is 20.8 Å². The van der Waals surface area contributed by atoms with Gasteiger partial charge in [-0.3, -0.25) is 9.59 Å². The SMILES string of the molecule is O=C(CSc1ccc(NC(=O)c2ccccc2)nn1)NCc1ccccc1Cl. The van der Waals surface area contributed by atoms with Gasteiger partial charge in [0.05, 0.1) is 5.75 Å². The normalized spacial score (nSPS) is 10.3. The minimum Gasteiger partial charge on any atom is -0.351 e. The highest BCUT2D eigenvalue weighted by Gasteiger charge is 2.08. The number of halogens is 1. The van der Waals surface area contributed by atoms with Gasteiger partial charge in [0.1, 0.15) is 5.03 Å². The number of carbonyl (C=O) groups excluding carboxylic acids is 2. The predicted molar refractivity (Wildman–Crippen MR) is 110 cm³/mol. The molecule has 0 radical (unpaired) electrons. The van der Waals surface area contributed by atoms with Gasteiger partial charge in [0.25, 0.3) is 5.91 Å². The van der Waals surface area contributed by atoms with E-state index in [1.54, 1.807) is 42.5 Å². The molecule has 0 fully saturated rings. The van der Waals surface area contributed by atoms with Crippen LogP contribution >= 0.6 is 23.4 Å². The van der Waals surface area contributed by atoms with Crippen LogP contribution in [-0.4, -0.2) is 27.8 Å². The lowest BCUT2D eigenvalue weighted by molar-refractivity contribution is -0.118. The molecule has 0 aliphatic heterocycles. The number of amides is 2. The van der Waals surface area contributed by atoms with Crippen LogP contribution in [0.25, 0.3) is 0 Å². The number of carbonyl (C=O) groups is 2. The van der Waals surface area contributed by atoms with Crippen LogP contribution < -0.4 is 10.6 Å². The van der Waals surface area contributed by atoms with Gasteiger partial charge in [-0.25, -0.2) is 0 Å². The van der Waals surface area contributed by atoms with E-state index >= 15 is 0 Å². The Kier molecular flexibility index (Phi) is 7.00. The van der Waals surface area contributed by atoms with Crippen LogP contribution in [0.1, 0.15) is 15.9 Å². The van der Waals surface area contributed by atoms with E-state index in [1.165, 1.54) is 11.8 Å². The quantitative estimate of drug-likeness (QED) is 0.577. The Hall–Kier alpha value is -2.90. The monoisotopic (exact) mass is 412 g/mol. The van der Waals surface area contributed by atoms with E-state index in [9.17, 15) is 9.59 Å². The number of anilines is 1. The number of aromatic nitrogens is 2. The molecule has 0 aliphatic carbocycles. The fourth-order valence-electron chi connectivity index (χ4n) is 2.27. The highest BCUT2D eigenvalue weighted by atomic mass is 35.5. The molecule has 3 rings (SSSR count). The molecule has 8 heteroatoms. The zero-order valence-corrected chi connectivity index (χ0v) is 16.3. The van der Waals surface area contributed by atoms with Gasteiger partial charge >= 0.3 is 0 Å². The molecule has 28 heavy (non-hydrogen) atoms. The Morgan fingerprint density at radius 2 is 1.68 bits per heavy atom. The van der Waals surface area contributed by atoms with Gasteiger partial charge in [0.15, 0.2) is 5.82 Å². The van der Waals surface area contributed by atoms with Crippen LogP contribution in [0, 0.1) is 0 Å². The predicted octanol–water partition coefficient (Wildman–Crippen LogP) is 3.79. The maximum Gasteiger partial charge on any atom is 0.256 e. The van der Waals surface area contributed by atoms with Crippen molar-refractivity contribution in [2.45, 2.75) is 11.6 Å². The van der Waals surface area contributed by atoms with E-state index in [0.29, 0.717) is 28.0 Å². The number of hydrogen-bond donors (Lipinski definition) is 2. The number of nitrogens with one attached hydrogen (secondary N) is 2. The van der Waals surface area contributed by atoms with Crippen LogP contribution in [-0.2, 0) is 11.3 Å². The Bertz CT molecular complexity index is 952. The van der Waals surface area contributed by atoms with Crippen LogP contribution in [0.15, 0.2) is 71.8 Å². The lowest BCUT2D eigenvalue weighted by Crippen LogP contribution is -2.24. The van der Waals surface area contributed by atoms with Crippen molar-refractivity contribution in [3.8, 4) is 0 Å². The van der Waals surface area contributed by atoms with Crippen LogP contribution in [0.3, 0.4) is 0 Å². The average molecular weight is 413 g/mol. The standard InChI is InChI=1S/C20H17ClN4O2S/c21-16-9-5-4-8-15(16)12-22-18(26)13-28-19-11-10-17(24-25-19)23-20(27)14-6-2-1-3-7-14/h1-11H,12-13H2,(H,22,26)(H,23,24,27). The summed E-state index contributed by atoms with van der Waals surface area (Å²) in [4.78, 5) is 24.1. The van der Waals surface area contributed by atoms with E-state index in [0.717, 1.165) is 5.56 Å². The van der Waals surface area contributed by atoms with Crippen LogP contribution in [0.2, 0.25) is 5.02 Å². The average Bonchev–Trinajstić information content (AvgIpc) is 2.73. The second-order valence-electron chi connectivity index (χ2n) is 5.73.